The number of morpholine rings is 1. The minimum Gasteiger partial charge on any atom is -0.379 e. The number of hydrogen-bond acceptors (Lipinski definition) is 4. The first-order chi connectivity index (χ1) is 11.2. The number of aryl methyl sites for hydroxylation is 1. The minimum atomic E-state index is 0.250. The van der Waals surface area contributed by atoms with Gasteiger partial charge in [-0.1, -0.05) is 23.7 Å². The van der Waals surface area contributed by atoms with E-state index in [-0.39, 0.29) is 6.04 Å². The molecule has 2 heterocycles. The number of aromatic nitrogens is 3. The average Bonchev–Trinajstić information content (AvgIpc) is 2.98. The normalized spacial score (nSPS) is 17.3. The van der Waals surface area contributed by atoms with Crippen molar-refractivity contribution in [1.29, 1.82) is 0 Å². The van der Waals surface area contributed by atoms with E-state index in [9.17, 15) is 0 Å². The Kier molecular flexibility index (Phi) is 5.30. The van der Waals surface area contributed by atoms with Gasteiger partial charge in [0.1, 0.15) is 5.82 Å². The van der Waals surface area contributed by atoms with Crippen LogP contribution >= 0.6 is 11.6 Å². The third-order valence-corrected chi connectivity index (χ3v) is 4.50. The van der Waals surface area contributed by atoms with Gasteiger partial charge in [0.05, 0.1) is 19.3 Å². The van der Waals surface area contributed by atoms with Crippen LogP contribution in [0.5, 0.6) is 0 Å². The summed E-state index contributed by atoms with van der Waals surface area (Å²) in [5.74, 6) is 1.88. The summed E-state index contributed by atoms with van der Waals surface area (Å²) in [7, 11) is 0. The van der Waals surface area contributed by atoms with Crippen LogP contribution in [-0.2, 0) is 17.7 Å². The summed E-state index contributed by atoms with van der Waals surface area (Å²) in [6.45, 7) is 8.60. The number of hydrogen-bond donors (Lipinski definition) is 0. The highest BCUT2D eigenvalue weighted by Crippen LogP contribution is 2.21. The highest BCUT2D eigenvalue weighted by molar-refractivity contribution is 6.30. The molecule has 0 radical (unpaired) electrons. The SMILES string of the molecule is CCn1nc(Cc2cccc(Cl)c2)nc1[C@@H](C)N1CCOCC1. The van der Waals surface area contributed by atoms with Crippen molar-refractivity contribution in [2.75, 3.05) is 26.3 Å². The van der Waals surface area contributed by atoms with E-state index in [0.717, 1.165) is 55.1 Å². The van der Waals surface area contributed by atoms with Gasteiger partial charge in [-0.2, -0.15) is 5.10 Å². The van der Waals surface area contributed by atoms with Crippen molar-refractivity contribution in [3.8, 4) is 0 Å². The molecule has 1 aliphatic rings. The molecule has 0 saturated carbocycles. The second-order valence-corrected chi connectivity index (χ2v) is 6.27. The minimum absolute atomic E-state index is 0.250. The van der Waals surface area contributed by atoms with Crippen LogP contribution in [0.25, 0.3) is 0 Å². The Balaban J connectivity index is 1.79. The van der Waals surface area contributed by atoms with Crippen molar-refractivity contribution in [1.82, 2.24) is 19.7 Å². The van der Waals surface area contributed by atoms with Crippen molar-refractivity contribution >= 4 is 11.6 Å². The van der Waals surface area contributed by atoms with Crippen molar-refractivity contribution in [2.45, 2.75) is 32.9 Å². The molecule has 1 fully saturated rings. The summed E-state index contributed by atoms with van der Waals surface area (Å²) in [5.41, 5.74) is 1.14. The molecule has 6 heteroatoms. The van der Waals surface area contributed by atoms with Gasteiger partial charge in [-0.15, -0.1) is 0 Å². The van der Waals surface area contributed by atoms with E-state index < -0.39 is 0 Å². The van der Waals surface area contributed by atoms with Crippen LogP contribution in [0.2, 0.25) is 5.02 Å². The lowest BCUT2D eigenvalue weighted by atomic mass is 10.1. The molecule has 0 amide bonds. The first-order valence-corrected chi connectivity index (χ1v) is 8.55. The Morgan fingerprint density at radius 3 is 2.78 bits per heavy atom. The van der Waals surface area contributed by atoms with Crippen LogP contribution in [0.1, 0.15) is 37.1 Å². The summed E-state index contributed by atoms with van der Waals surface area (Å²) in [6, 6.07) is 8.13. The van der Waals surface area contributed by atoms with Crippen molar-refractivity contribution in [2.24, 2.45) is 0 Å². The molecule has 124 valence electrons. The molecule has 1 atom stereocenters. The van der Waals surface area contributed by atoms with Crippen LogP contribution in [0.3, 0.4) is 0 Å². The van der Waals surface area contributed by atoms with E-state index in [1.807, 2.05) is 22.9 Å². The molecule has 23 heavy (non-hydrogen) atoms. The topological polar surface area (TPSA) is 43.2 Å². The van der Waals surface area contributed by atoms with E-state index in [4.69, 9.17) is 21.3 Å². The number of ether oxygens (including phenoxy) is 1. The van der Waals surface area contributed by atoms with Gasteiger partial charge in [0, 0.05) is 31.1 Å². The lowest BCUT2D eigenvalue weighted by Crippen LogP contribution is -2.39. The molecule has 1 saturated heterocycles. The molecular weight excluding hydrogens is 312 g/mol. The average molecular weight is 335 g/mol. The zero-order chi connectivity index (χ0) is 16.2. The van der Waals surface area contributed by atoms with Gasteiger partial charge < -0.3 is 4.74 Å². The molecule has 0 bridgehead atoms. The first-order valence-electron chi connectivity index (χ1n) is 8.17. The predicted octanol–water partition coefficient (Wildman–Crippen LogP) is 2.94. The van der Waals surface area contributed by atoms with Crippen LogP contribution in [0.4, 0.5) is 0 Å². The molecule has 5 nitrogen and oxygen atoms in total. The Hall–Kier alpha value is -1.43. The lowest BCUT2D eigenvalue weighted by molar-refractivity contribution is 0.0173. The number of benzene rings is 1. The lowest BCUT2D eigenvalue weighted by Gasteiger charge is -2.31. The van der Waals surface area contributed by atoms with Crippen molar-refractivity contribution < 1.29 is 4.74 Å². The maximum atomic E-state index is 6.06. The molecule has 1 aliphatic heterocycles. The smallest absolute Gasteiger partial charge is 0.155 e. The molecule has 1 aromatic heterocycles. The summed E-state index contributed by atoms with van der Waals surface area (Å²) in [6.07, 6.45) is 0.705. The highest BCUT2D eigenvalue weighted by atomic mass is 35.5. The first kappa shape index (κ1) is 16.4. The summed E-state index contributed by atoms with van der Waals surface area (Å²) < 4.78 is 7.45. The Labute approximate surface area is 142 Å². The second kappa shape index (κ2) is 7.43. The standard InChI is InChI=1S/C17H23ClN4O/c1-3-22-17(13(2)21-7-9-23-10-8-21)19-16(20-22)12-14-5-4-6-15(18)11-14/h4-6,11,13H,3,7-10,12H2,1-2H3/t13-/m1/s1. The molecule has 0 aliphatic carbocycles. The summed E-state index contributed by atoms with van der Waals surface area (Å²) in [5, 5.41) is 5.42. The third kappa shape index (κ3) is 3.91. The number of halogens is 1. The highest BCUT2D eigenvalue weighted by Gasteiger charge is 2.23. The fourth-order valence-electron chi connectivity index (χ4n) is 2.98. The molecule has 1 aromatic carbocycles. The van der Waals surface area contributed by atoms with Gasteiger partial charge in [0.2, 0.25) is 0 Å². The van der Waals surface area contributed by atoms with Crippen molar-refractivity contribution in [3.63, 3.8) is 0 Å². The fourth-order valence-corrected chi connectivity index (χ4v) is 3.19. The Bertz CT molecular complexity index is 652. The largest absolute Gasteiger partial charge is 0.379 e. The number of nitrogens with zero attached hydrogens (tertiary/aromatic N) is 4. The van der Waals surface area contributed by atoms with Crippen molar-refractivity contribution in [3.05, 3.63) is 46.5 Å². The van der Waals surface area contributed by atoms with Crippen LogP contribution in [-0.4, -0.2) is 46.0 Å². The molecule has 3 rings (SSSR count). The predicted molar refractivity (Wildman–Crippen MR) is 90.8 cm³/mol. The monoisotopic (exact) mass is 334 g/mol. The van der Waals surface area contributed by atoms with Gasteiger partial charge >= 0.3 is 0 Å². The van der Waals surface area contributed by atoms with Crippen LogP contribution in [0, 0.1) is 0 Å². The van der Waals surface area contributed by atoms with Crippen LogP contribution in [0.15, 0.2) is 24.3 Å². The zero-order valence-electron chi connectivity index (χ0n) is 13.7. The maximum absolute atomic E-state index is 6.06. The van der Waals surface area contributed by atoms with E-state index in [0.29, 0.717) is 6.42 Å². The Morgan fingerprint density at radius 1 is 1.30 bits per heavy atom. The van der Waals surface area contributed by atoms with E-state index >= 15 is 0 Å². The summed E-state index contributed by atoms with van der Waals surface area (Å²) in [4.78, 5) is 7.21. The second-order valence-electron chi connectivity index (χ2n) is 5.83. The van der Waals surface area contributed by atoms with Gasteiger partial charge in [-0.25, -0.2) is 9.67 Å². The fraction of sp³-hybridized carbons (Fsp3) is 0.529. The zero-order valence-corrected chi connectivity index (χ0v) is 14.5. The molecule has 0 N–H and O–H groups in total. The van der Waals surface area contributed by atoms with E-state index in [1.165, 1.54) is 0 Å². The molecule has 2 aromatic rings. The number of rotatable bonds is 5. The summed E-state index contributed by atoms with van der Waals surface area (Å²) >= 11 is 6.06. The van der Waals surface area contributed by atoms with Gasteiger partial charge in [0.15, 0.2) is 5.82 Å². The third-order valence-electron chi connectivity index (χ3n) is 4.26. The van der Waals surface area contributed by atoms with Crippen LogP contribution < -0.4 is 0 Å². The quantitative estimate of drug-likeness (QED) is 0.843. The molecular formula is C17H23ClN4O. The van der Waals surface area contributed by atoms with E-state index in [1.54, 1.807) is 0 Å². The van der Waals surface area contributed by atoms with E-state index in [2.05, 4.69) is 29.9 Å². The van der Waals surface area contributed by atoms with Gasteiger partial charge in [-0.05, 0) is 31.5 Å². The maximum Gasteiger partial charge on any atom is 0.155 e. The van der Waals surface area contributed by atoms with Gasteiger partial charge in [-0.3, -0.25) is 4.90 Å². The molecule has 0 spiro atoms. The van der Waals surface area contributed by atoms with Gasteiger partial charge in [0.25, 0.3) is 0 Å². The Morgan fingerprint density at radius 2 is 2.09 bits per heavy atom. The molecule has 0 unspecified atom stereocenters.